The summed E-state index contributed by atoms with van der Waals surface area (Å²) in [5.41, 5.74) is 1.39. The van der Waals surface area contributed by atoms with Gasteiger partial charge in [-0.05, 0) is 49.1 Å². The SMILES string of the molecule is CC(C)CC(NCC1CCCC1CO)c1ccccc1. The maximum absolute atomic E-state index is 9.44. The van der Waals surface area contributed by atoms with Crippen LogP contribution in [0.4, 0.5) is 0 Å². The van der Waals surface area contributed by atoms with Crippen molar-refractivity contribution in [2.75, 3.05) is 13.2 Å². The lowest BCUT2D eigenvalue weighted by atomic mass is 9.93. The van der Waals surface area contributed by atoms with Gasteiger partial charge in [0.2, 0.25) is 0 Å². The molecular formula is C18H29NO. The van der Waals surface area contributed by atoms with Crippen molar-refractivity contribution in [1.82, 2.24) is 5.32 Å². The van der Waals surface area contributed by atoms with E-state index in [1.165, 1.54) is 31.2 Å². The highest BCUT2D eigenvalue weighted by molar-refractivity contribution is 5.18. The first-order chi connectivity index (χ1) is 9.70. The zero-order valence-electron chi connectivity index (χ0n) is 12.9. The number of hydrogen-bond donors (Lipinski definition) is 2. The van der Waals surface area contributed by atoms with Crippen molar-refractivity contribution in [3.63, 3.8) is 0 Å². The van der Waals surface area contributed by atoms with Gasteiger partial charge >= 0.3 is 0 Å². The van der Waals surface area contributed by atoms with Crippen LogP contribution < -0.4 is 5.32 Å². The Morgan fingerprint density at radius 1 is 1.15 bits per heavy atom. The molecule has 3 atom stereocenters. The summed E-state index contributed by atoms with van der Waals surface area (Å²) in [5.74, 6) is 1.85. The van der Waals surface area contributed by atoms with E-state index in [9.17, 15) is 5.11 Å². The third-order valence-electron chi connectivity index (χ3n) is 4.59. The summed E-state index contributed by atoms with van der Waals surface area (Å²) < 4.78 is 0. The maximum atomic E-state index is 9.44. The van der Waals surface area contributed by atoms with Gasteiger partial charge in [-0.25, -0.2) is 0 Å². The highest BCUT2D eigenvalue weighted by atomic mass is 16.3. The van der Waals surface area contributed by atoms with E-state index in [0.717, 1.165) is 6.54 Å². The lowest BCUT2D eigenvalue weighted by Gasteiger charge is -2.25. The van der Waals surface area contributed by atoms with Crippen LogP contribution >= 0.6 is 0 Å². The summed E-state index contributed by atoms with van der Waals surface area (Å²) in [6.45, 7) is 5.96. The van der Waals surface area contributed by atoms with Gasteiger partial charge in [0.25, 0.3) is 0 Å². The van der Waals surface area contributed by atoms with Gasteiger partial charge in [0, 0.05) is 12.6 Å². The molecule has 0 amide bonds. The monoisotopic (exact) mass is 275 g/mol. The highest BCUT2D eigenvalue weighted by Gasteiger charge is 2.27. The summed E-state index contributed by atoms with van der Waals surface area (Å²) in [6, 6.07) is 11.2. The Labute approximate surface area is 123 Å². The Morgan fingerprint density at radius 2 is 1.85 bits per heavy atom. The van der Waals surface area contributed by atoms with Gasteiger partial charge in [-0.1, -0.05) is 50.6 Å². The third-order valence-corrected chi connectivity index (χ3v) is 4.59. The standard InChI is InChI=1S/C18H29NO/c1-14(2)11-18(15-7-4-3-5-8-15)19-12-16-9-6-10-17(16)13-20/h3-5,7-8,14,16-20H,6,9-13H2,1-2H3. The molecule has 0 spiro atoms. The topological polar surface area (TPSA) is 32.3 Å². The predicted octanol–water partition coefficient (Wildman–Crippen LogP) is 3.77. The van der Waals surface area contributed by atoms with E-state index in [0.29, 0.717) is 30.4 Å². The van der Waals surface area contributed by atoms with E-state index in [4.69, 9.17) is 0 Å². The molecule has 0 radical (unpaired) electrons. The van der Waals surface area contributed by atoms with Crippen molar-refractivity contribution in [2.45, 2.75) is 45.6 Å². The van der Waals surface area contributed by atoms with E-state index >= 15 is 0 Å². The molecule has 1 aliphatic rings. The second kappa shape index (κ2) is 7.80. The Kier molecular flexibility index (Phi) is 6.06. The number of rotatable bonds is 7. The summed E-state index contributed by atoms with van der Waals surface area (Å²) in [4.78, 5) is 0. The van der Waals surface area contributed by atoms with E-state index in [1.54, 1.807) is 0 Å². The van der Waals surface area contributed by atoms with Gasteiger partial charge in [-0.2, -0.15) is 0 Å². The van der Waals surface area contributed by atoms with Crippen molar-refractivity contribution in [2.24, 2.45) is 17.8 Å². The summed E-state index contributed by atoms with van der Waals surface area (Å²) in [5, 5.41) is 13.2. The molecule has 20 heavy (non-hydrogen) atoms. The van der Waals surface area contributed by atoms with Crippen molar-refractivity contribution in [3.05, 3.63) is 35.9 Å². The number of nitrogens with one attached hydrogen (secondary N) is 1. The van der Waals surface area contributed by atoms with Crippen LogP contribution in [0.1, 0.15) is 51.1 Å². The van der Waals surface area contributed by atoms with Gasteiger partial charge in [0.05, 0.1) is 0 Å². The number of aliphatic hydroxyl groups is 1. The zero-order valence-corrected chi connectivity index (χ0v) is 12.9. The lowest BCUT2D eigenvalue weighted by molar-refractivity contribution is 0.189. The first kappa shape index (κ1) is 15.5. The molecule has 0 saturated heterocycles. The fraction of sp³-hybridized carbons (Fsp3) is 0.667. The smallest absolute Gasteiger partial charge is 0.0462 e. The molecular weight excluding hydrogens is 246 g/mol. The molecule has 1 aromatic rings. The first-order valence-corrected chi connectivity index (χ1v) is 8.10. The summed E-state index contributed by atoms with van der Waals surface area (Å²) >= 11 is 0. The van der Waals surface area contributed by atoms with Crippen molar-refractivity contribution >= 4 is 0 Å². The second-order valence-electron chi connectivity index (χ2n) is 6.63. The van der Waals surface area contributed by atoms with E-state index in [-0.39, 0.29) is 0 Å². The molecule has 2 nitrogen and oxygen atoms in total. The number of hydrogen-bond acceptors (Lipinski definition) is 2. The first-order valence-electron chi connectivity index (χ1n) is 8.10. The Hall–Kier alpha value is -0.860. The van der Waals surface area contributed by atoms with E-state index < -0.39 is 0 Å². The maximum Gasteiger partial charge on any atom is 0.0462 e. The van der Waals surface area contributed by atoms with E-state index in [2.05, 4.69) is 49.5 Å². The molecule has 0 bridgehead atoms. The average Bonchev–Trinajstić information content (AvgIpc) is 2.91. The van der Waals surface area contributed by atoms with Crippen LogP contribution in [0.3, 0.4) is 0 Å². The van der Waals surface area contributed by atoms with Crippen LogP contribution in [0.15, 0.2) is 30.3 Å². The van der Waals surface area contributed by atoms with Crippen LogP contribution in [-0.4, -0.2) is 18.3 Å². The largest absolute Gasteiger partial charge is 0.396 e. The molecule has 1 aromatic carbocycles. The Bertz CT molecular complexity index is 376. The van der Waals surface area contributed by atoms with Gasteiger partial charge in [-0.15, -0.1) is 0 Å². The second-order valence-corrected chi connectivity index (χ2v) is 6.63. The summed E-state index contributed by atoms with van der Waals surface area (Å²) in [6.07, 6.45) is 4.91. The normalized spacial score (nSPS) is 24.2. The fourth-order valence-corrected chi connectivity index (χ4v) is 3.41. The Balaban J connectivity index is 1.94. The van der Waals surface area contributed by atoms with Gasteiger partial charge in [0.15, 0.2) is 0 Å². The van der Waals surface area contributed by atoms with Crippen molar-refractivity contribution in [1.29, 1.82) is 0 Å². The predicted molar refractivity (Wildman–Crippen MR) is 84.6 cm³/mol. The molecule has 3 unspecified atom stereocenters. The molecule has 0 heterocycles. The van der Waals surface area contributed by atoms with E-state index in [1.807, 2.05) is 0 Å². The highest BCUT2D eigenvalue weighted by Crippen LogP contribution is 2.31. The number of benzene rings is 1. The minimum Gasteiger partial charge on any atom is -0.396 e. The molecule has 112 valence electrons. The minimum absolute atomic E-state index is 0.354. The van der Waals surface area contributed by atoms with Crippen LogP contribution in [-0.2, 0) is 0 Å². The molecule has 0 aliphatic heterocycles. The quantitative estimate of drug-likeness (QED) is 0.794. The Morgan fingerprint density at radius 3 is 2.50 bits per heavy atom. The molecule has 1 aliphatic carbocycles. The van der Waals surface area contributed by atoms with Crippen molar-refractivity contribution in [3.8, 4) is 0 Å². The number of aliphatic hydroxyl groups excluding tert-OH is 1. The molecule has 1 saturated carbocycles. The molecule has 2 rings (SSSR count). The molecule has 2 heteroatoms. The van der Waals surface area contributed by atoms with Gasteiger partial charge < -0.3 is 10.4 Å². The summed E-state index contributed by atoms with van der Waals surface area (Å²) in [7, 11) is 0. The van der Waals surface area contributed by atoms with Gasteiger partial charge in [-0.3, -0.25) is 0 Å². The van der Waals surface area contributed by atoms with Crippen LogP contribution in [0.2, 0.25) is 0 Å². The van der Waals surface area contributed by atoms with Gasteiger partial charge in [0.1, 0.15) is 0 Å². The van der Waals surface area contributed by atoms with Crippen LogP contribution in [0, 0.1) is 17.8 Å². The van der Waals surface area contributed by atoms with Crippen LogP contribution in [0.25, 0.3) is 0 Å². The fourth-order valence-electron chi connectivity index (χ4n) is 3.41. The molecule has 0 aromatic heterocycles. The minimum atomic E-state index is 0.354. The average molecular weight is 275 g/mol. The molecule has 2 N–H and O–H groups in total. The zero-order chi connectivity index (χ0) is 14.4. The lowest BCUT2D eigenvalue weighted by Crippen LogP contribution is -2.30. The molecule has 1 fully saturated rings. The van der Waals surface area contributed by atoms with Crippen molar-refractivity contribution < 1.29 is 5.11 Å². The van der Waals surface area contributed by atoms with Crippen LogP contribution in [0.5, 0.6) is 0 Å². The third kappa shape index (κ3) is 4.32.